The van der Waals surface area contributed by atoms with Crippen LogP contribution in [0, 0.1) is 0 Å². The van der Waals surface area contributed by atoms with Crippen LogP contribution in [0.25, 0.3) is 0 Å². The van der Waals surface area contributed by atoms with Crippen LogP contribution in [0.15, 0.2) is 29.1 Å². The third-order valence-corrected chi connectivity index (χ3v) is 3.83. The van der Waals surface area contributed by atoms with Crippen LogP contribution in [0.3, 0.4) is 0 Å². The Balaban J connectivity index is 1.83. The number of nitrogens with zero attached hydrogens (tertiary/aromatic N) is 2. The normalized spacial score (nSPS) is 16.5. The smallest absolute Gasteiger partial charge is 0.257 e. The van der Waals surface area contributed by atoms with Gasteiger partial charge in [0.05, 0.1) is 11.3 Å². The molecule has 4 rings (SSSR count). The van der Waals surface area contributed by atoms with E-state index in [0.29, 0.717) is 19.0 Å². The quantitative estimate of drug-likeness (QED) is 0.799. The number of hydrogen-bond acceptors (Lipinski definition) is 4. The Morgan fingerprint density at radius 2 is 2.11 bits per heavy atom. The largest absolute Gasteiger partial charge is 0.311 e. The van der Waals surface area contributed by atoms with Crippen LogP contribution in [-0.2, 0) is 19.5 Å². The molecule has 2 aliphatic heterocycles. The molecule has 1 aromatic carbocycles. The zero-order chi connectivity index (χ0) is 12.8. The molecule has 0 saturated carbocycles. The number of para-hydroxylation sites is 1. The maximum Gasteiger partial charge on any atom is 0.257 e. The predicted molar refractivity (Wildman–Crippen MR) is 72.6 cm³/mol. The molecule has 5 nitrogen and oxygen atoms in total. The first-order valence-electron chi connectivity index (χ1n) is 6.51. The van der Waals surface area contributed by atoms with Crippen LogP contribution in [0.4, 0.5) is 11.6 Å². The Hall–Kier alpha value is -2.14. The van der Waals surface area contributed by atoms with Crippen molar-refractivity contribution in [2.24, 2.45) is 0 Å². The number of aromatic amines is 1. The van der Waals surface area contributed by atoms with Gasteiger partial charge >= 0.3 is 0 Å². The van der Waals surface area contributed by atoms with Gasteiger partial charge in [0, 0.05) is 25.3 Å². The maximum absolute atomic E-state index is 12.0. The van der Waals surface area contributed by atoms with Crippen molar-refractivity contribution in [2.45, 2.75) is 19.5 Å². The monoisotopic (exact) mass is 254 g/mol. The minimum atomic E-state index is -0.0191. The summed E-state index contributed by atoms with van der Waals surface area (Å²) >= 11 is 0. The molecule has 19 heavy (non-hydrogen) atoms. The minimum Gasteiger partial charge on any atom is -0.311 e. The number of anilines is 2. The van der Waals surface area contributed by atoms with Crippen LogP contribution < -0.4 is 15.8 Å². The third kappa shape index (κ3) is 1.58. The average molecular weight is 254 g/mol. The SMILES string of the molecule is O=c1[nH]c(N2CCc3ccccc32)nc2c1CNC2. The zero-order valence-corrected chi connectivity index (χ0v) is 10.4. The first-order chi connectivity index (χ1) is 9.33. The van der Waals surface area contributed by atoms with Crippen molar-refractivity contribution < 1.29 is 0 Å². The summed E-state index contributed by atoms with van der Waals surface area (Å²) in [7, 11) is 0. The van der Waals surface area contributed by atoms with E-state index in [4.69, 9.17) is 0 Å². The average Bonchev–Trinajstić information content (AvgIpc) is 3.04. The van der Waals surface area contributed by atoms with Gasteiger partial charge in [-0.2, -0.15) is 0 Å². The van der Waals surface area contributed by atoms with E-state index in [-0.39, 0.29) is 5.56 Å². The summed E-state index contributed by atoms with van der Waals surface area (Å²) in [6.07, 6.45) is 0.995. The standard InChI is InChI=1S/C14H14N4O/c19-13-10-7-15-8-11(10)16-14(17-13)18-6-5-9-3-1-2-4-12(9)18/h1-4,15H,5-8H2,(H,16,17,19). The van der Waals surface area contributed by atoms with Crippen LogP contribution in [0.5, 0.6) is 0 Å². The van der Waals surface area contributed by atoms with E-state index in [0.717, 1.165) is 29.9 Å². The molecule has 0 amide bonds. The highest BCUT2D eigenvalue weighted by atomic mass is 16.1. The summed E-state index contributed by atoms with van der Waals surface area (Å²) in [6, 6.07) is 8.27. The molecule has 2 aliphatic rings. The summed E-state index contributed by atoms with van der Waals surface area (Å²) in [6.45, 7) is 2.17. The van der Waals surface area contributed by atoms with Crippen molar-refractivity contribution in [3.8, 4) is 0 Å². The topological polar surface area (TPSA) is 61.0 Å². The molecule has 5 heteroatoms. The van der Waals surface area contributed by atoms with Crippen molar-refractivity contribution in [1.82, 2.24) is 15.3 Å². The van der Waals surface area contributed by atoms with E-state index in [9.17, 15) is 4.79 Å². The second-order valence-corrected chi connectivity index (χ2v) is 4.95. The Kier molecular flexibility index (Phi) is 2.22. The predicted octanol–water partition coefficient (Wildman–Crippen LogP) is 1.07. The Bertz CT molecular complexity index is 707. The fourth-order valence-corrected chi connectivity index (χ4v) is 2.85. The Morgan fingerprint density at radius 3 is 3.05 bits per heavy atom. The summed E-state index contributed by atoms with van der Waals surface area (Å²) in [5.74, 6) is 0.664. The molecule has 2 aromatic rings. The second-order valence-electron chi connectivity index (χ2n) is 4.95. The van der Waals surface area contributed by atoms with Crippen molar-refractivity contribution in [1.29, 1.82) is 0 Å². The summed E-state index contributed by atoms with van der Waals surface area (Å²) in [5.41, 5.74) is 4.09. The molecular weight excluding hydrogens is 240 g/mol. The summed E-state index contributed by atoms with van der Waals surface area (Å²) in [5, 5.41) is 3.16. The van der Waals surface area contributed by atoms with Crippen LogP contribution in [0.2, 0.25) is 0 Å². The Morgan fingerprint density at radius 1 is 1.21 bits per heavy atom. The molecule has 0 spiro atoms. The Labute approximate surface area is 110 Å². The van der Waals surface area contributed by atoms with Gasteiger partial charge in [0.25, 0.3) is 5.56 Å². The highest BCUT2D eigenvalue weighted by Gasteiger charge is 2.24. The number of aromatic nitrogens is 2. The van der Waals surface area contributed by atoms with Gasteiger partial charge in [-0.15, -0.1) is 0 Å². The fourth-order valence-electron chi connectivity index (χ4n) is 2.85. The van der Waals surface area contributed by atoms with Crippen LogP contribution in [-0.4, -0.2) is 16.5 Å². The van der Waals surface area contributed by atoms with Gasteiger partial charge < -0.3 is 10.2 Å². The minimum absolute atomic E-state index is 0.0191. The van der Waals surface area contributed by atoms with Crippen molar-refractivity contribution >= 4 is 11.6 Å². The van der Waals surface area contributed by atoms with Gasteiger partial charge in [0.2, 0.25) is 5.95 Å². The van der Waals surface area contributed by atoms with Crippen LogP contribution in [0.1, 0.15) is 16.8 Å². The van der Waals surface area contributed by atoms with Crippen molar-refractivity contribution in [2.75, 3.05) is 11.4 Å². The number of benzene rings is 1. The molecule has 0 atom stereocenters. The van der Waals surface area contributed by atoms with E-state index in [1.807, 2.05) is 12.1 Å². The van der Waals surface area contributed by atoms with E-state index >= 15 is 0 Å². The molecule has 0 fully saturated rings. The van der Waals surface area contributed by atoms with Crippen molar-refractivity contribution in [3.05, 3.63) is 51.4 Å². The highest BCUT2D eigenvalue weighted by Crippen LogP contribution is 2.32. The lowest BCUT2D eigenvalue weighted by Crippen LogP contribution is -2.23. The van der Waals surface area contributed by atoms with Crippen LogP contribution >= 0.6 is 0 Å². The molecule has 0 bridgehead atoms. The fraction of sp³-hybridized carbons (Fsp3) is 0.286. The lowest BCUT2D eigenvalue weighted by molar-refractivity contribution is 0.756. The molecule has 0 aliphatic carbocycles. The van der Waals surface area contributed by atoms with Gasteiger partial charge in [0.1, 0.15) is 0 Å². The molecule has 0 radical (unpaired) electrons. The number of H-pyrrole nitrogens is 1. The lowest BCUT2D eigenvalue weighted by Gasteiger charge is -2.18. The molecular formula is C14H14N4O. The van der Waals surface area contributed by atoms with Gasteiger partial charge in [-0.3, -0.25) is 9.78 Å². The number of hydrogen-bond donors (Lipinski definition) is 2. The third-order valence-electron chi connectivity index (χ3n) is 3.83. The van der Waals surface area contributed by atoms with Gasteiger partial charge in [-0.1, -0.05) is 18.2 Å². The number of rotatable bonds is 1. The number of nitrogens with one attached hydrogen (secondary N) is 2. The van der Waals surface area contributed by atoms with E-state index < -0.39 is 0 Å². The molecule has 0 unspecified atom stereocenters. The lowest BCUT2D eigenvalue weighted by atomic mass is 10.2. The summed E-state index contributed by atoms with van der Waals surface area (Å²) < 4.78 is 0. The van der Waals surface area contributed by atoms with Gasteiger partial charge in [0.15, 0.2) is 0 Å². The molecule has 3 heterocycles. The van der Waals surface area contributed by atoms with Gasteiger partial charge in [-0.25, -0.2) is 4.98 Å². The maximum atomic E-state index is 12.0. The zero-order valence-electron chi connectivity index (χ0n) is 10.4. The van der Waals surface area contributed by atoms with E-state index in [1.165, 1.54) is 5.56 Å². The molecule has 2 N–H and O–H groups in total. The van der Waals surface area contributed by atoms with E-state index in [2.05, 4.69) is 32.3 Å². The summed E-state index contributed by atoms with van der Waals surface area (Å²) in [4.78, 5) is 21.6. The first kappa shape index (κ1) is 10.8. The highest BCUT2D eigenvalue weighted by molar-refractivity contribution is 5.65. The van der Waals surface area contributed by atoms with E-state index in [1.54, 1.807) is 0 Å². The second kappa shape index (κ2) is 3.93. The molecule has 0 saturated heterocycles. The molecule has 96 valence electrons. The first-order valence-corrected chi connectivity index (χ1v) is 6.51. The van der Waals surface area contributed by atoms with Crippen molar-refractivity contribution in [3.63, 3.8) is 0 Å². The molecule has 1 aromatic heterocycles. The number of fused-ring (bicyclic) bond motifs is 2. The van der Waals surface area contributed by atoms with Gasteiger partial charge in [-0.05, 0) is 18.1 Å².